The maximum absolute atomic E-state index is 10.6. The SMILES string of the molecule is CC(=O)c1o[nH]c(=O)c1C. The third kappa shape index (κ3) is 0.877. The first-order chi connectivity index (χ1) is 4.63. The maximum atomic E-state index is 10.6. The molecule has 0 bridgehead atoms. The van der Waals surface area contributed by atoms with Crippen LogP contribution in [0.5, 0.6) is 0 Å². The Labute approximate surface area is 56.8 Å². The molecule has 0 amide bonds. The van der Waals surface area contributed by atoms with E-state index in [0.717, 1.165) is 0 Å². The Morgan fingerprint density at radius 2 is 2.20 bits per heavy atom. The number of aromatic nitrogens is 1. The van der Waals surface area contributed by atoms with E-state index in [1.165, 1.54) is 6.92 Å². The number of carbonyl (C=O) groups is 1. The van der Waals surface area contributed by atoms with E-state index in [9.17, 15) is 9.59 Å². The first kappa shape index (κ1) is 6.80. The Morgan fingerprint density at radius 1 is 1.60 bits per heavy atom. The van der Waals surface area contributed by atoms with Crippen LogP contribution >= 0.6 is 0 Å². The van der Waals surface area contributed by atoms with Crippen molar-refractivity contribution < 1.29 is 9.32 Å². The minimum atomic E-state index is -0.342. The van der Waals surface area contributed by atoms with Crippen LogP contribution in [-0.2, 0) is 0 Å². The fourth-order valence-electron chi connectivity index (χ4n) is 0.689. The summed E-state index contributed by atoms with van der Waals surface area (Å²) in [6, 6.07) is 0. The quantitative estimate of drug-likeness (QED) is 0.578. The second-order valence-corrected chi connectivity index (χ2v) is 2.04. The monoisotopic (exact) mass is 141 g/mol. The standard InChI is InChI=1S/C6H7NO3/c1-3-5(4(2)8)10-7-6(3)9/h1-2H3,(H,7,9). The molecule has 0 aliphatic heterocycles. The molecule has 0 aliphatic carbocycles. The van der Waals surface area contributed by atoms with Crippen LogP contribution in [0, 0.1) is 6.92 Å². The largest absolute Gasteiger partial charge is 0.375 e. The molecule has 1 heterocycles. The molecule has 1 rings (SSSR count). The predicted molar refractivity (Wildman–Crippen MR) is 34.1 cm³/mol. The molecule has 0 radical (unpaired) electrons. The van der Waals surface area contributed by atoms with Crippen molar-refractivity contribution >= 4 is 5.78 Å². The van der Waals surface area contributed by atoms with Gasteiger partial charge in [-0.05, 0) is 6.92 Å². The normalized spacial score (nSPS) is 9.80. The fourth-order valence-corrected chi connectivity index (χ4v) is 0.689. The van der Waals surface area contributed by atoms with Crippen LogP contribution in [0.2, 0.25) is 0 Å². The van der Waals surface area contributed by atoms with Gasteiger partial charge in [0, 0.05) is 6.92 Å². The zero-order valence-corrected chi connectivity index (χ0v) is 5.72. The van der Waals surface area contributed by atoms with Gasteiger partial charge in [-0.3, -0.25) is 9.59 Å². The van der Waals surface area contributed by atoms with Gasteiger partial charge in [-0.15, -0.1) is 0 Å². The first-order valence-electron chi connectivity index (χ1n) is 2.82. The molecule has 0 aromatic carbocycles. The molecule has 0 saturated carbocycles. The molecule has 0 atom stereocenters. The molecule has 1 N–H and O–H groups in total. The summed E-state index contributed by atoms with van der Waals surface area (Å²) in [5, 5.41) is 2.07. The Balaban J connectivity index is 3.31. The van der Waals surface area contributed by atoms with E-state index in [4.69, 9.17) is 0 Å². The smallest absolute Gasteiger partial charge is 0.283 e. The summed E-state index contributed by atoms with van der Waals surface area (Å²) in [5.41, 5.74) is -0.00213. The summed E-state index contributed by atoms with van der Waals surface area (Å²) in [6.45, 7) is 2.89. The Bertz CT molecular complexity index is 307. The van der Waals surface area contributed by atoms with Gasteiger partial charge in [0.15, 0.2) is 5.78 Å². The summed E-state index contributed by atoms with van der Waals surface area (Å²) in [7, 11) is 0. The molecule has 4 nitrogen and oxygen atoms in total. The van der Waals surface area contributed by atoms with Crippen LogP contribution in [0.4, 0.5) is 0 Å². The first-order valence-corrected chi connectivity index (χ1v) is 2.82. The van der Waals surface area contributed by atoms with E-state index in [0.29, 0.717) is 5.56 Å². The lowest BCUT2D eigenvalue weighted by Crippen LogP contribution is -2.02. The summed E-state index contributed by atoms with van der Waals surface area (Å²) >= 11 is 0. The molecule has 0 fully saturated rings. The number of ketones is 1. The number of aromatic amines is 1. The number of carbonyl (C=O) groups excluding carboxylic acids is 1. The van der Waals surface area contributed by atoms with Gasteiger partial charge in [0.2, 0.25) is 5.76 Å². The van der Waals surface area contributed by atoms with Gasteiger partial charge in [0.1, 0.15) is 0 Å². The van der Waals surface area contributed by atoms with E-state index in [2.05, 4.69) is 9.68 Å². The zero-order valence-electron chi connectivity index (χ0n) is 5.72. The van der Waals surface area contributed by atoms with Crippen LogP contribution in [0.25, 0.3) is 0 Å². The summed E-state index contributed by atoms with van der Waals surface area (Å²) in [4.78, 5) is 21.3. The van der Waals surface area contributed by atoms with Gasteiger partial charge in [-0.2, -0.15) is 5.16 Å². The molecule has 4 heteroatoms. The fraction of sp³-hybridized carbons (Fsp3) is 0.333. The molecule has 10 heavy (non-hydrogen) atoms. The van der Waals surface area contributed by atoms with Crippen molar-refractivity contribution in [2.75, 3.05) is 0 Å². The Kier molecular flexibility index (Phi) is 1.45. The van der Waals surface area contributed by atoms with Crippen molar-refractivity contribution in [2.45, 2.75) is 13.8 Å². The number of Topliss-reactive ketones (excluding diaryl/α,β-unsaturated/α-hetero) is 1. The van der Waals surface area contributed by atoms with Crippen molar-refractivity contribution in [3.05, 3.63) is 21.7 Å². The predicted octanol–water partition coefficient (Wildman–Crippen LogP) is 0.479. The van der Waals surface area contributed by atoms with Crippen molar-refractivity contribution in [3.63, 3.8) is 0 Å². The molecule has 1 aromatic rings. The lowest BCUT2D eigenvalue weighted by Gasteiger charge is -1.83. The number of H-pyrrole nitrogens is 1. The molecule has 0 saturated heterocycles. The van der Waals surface area contributed by atoms with E-state index in [-0.39, 0.29) is 17.1 Å². The lowest BCUT2D eigenvalue weighted by molar-refractivity contribution is 0.0977. The average molecular weight is 141 g/mol. The van der Waals surface area contributed by atoms with Gasteiger partial charge in [0.25, 0.3) is 5.56 Å². The molecular weight excluding hydrogens is 134 g/mol. The minimum Gasteiger partial charge on any atom is -0.375 e. The van der Waals surface area contributed by atoms with Gasteiger partial charge in [0.05, 0.1) is 5.56 Å². The summed E-state index contributed by atoms with van der Waals surface area (Å²) in [6.07, 6.45) is 0. The second kappa shape index (κ2) is 2.13. The minimum absolute atomic E-state index is 0.116. The van der Waals surface area contributed by atoms with Crippen molar-refractivity contribution in [1.29, 1.82) is 0 Å². The second-order valence-electron chi connectivity index (χ2n) is 2.04. The van der Waals surface area contributed by atoms with Gasteiger partial charge >= 0.3 is 0 Å². The Morgan fingerprint density at radius 3 is 2.40 bits per heavy atom. The summed E-state index contributed by atoms with van der Waals surface area (Å²) in [5.74, 6) is -0.124. The van der Waals surface area contributed by atoms with Crippen molar-refractivity contribution in [2.24, 2.45) is 0 Å². The van der Waals surface area contributed by atoms with Crippen LogP contribution in [0.1, 0.15) is 23.0 Å². The summed E-state index contributed by atoms with van der Waals surface area (Å²) < 4.78 is 4.57. The number of nitrogens with one attached hydrogen (secondary N) is 1. The van der Waals surface area contributed by atoms with Crippen LogP contribution in [-0.4, -0.2) is 10.9 Å². The van der Waals surface area contributed by atoms with Gasteiger partial charge in [-0.1, -0.05) is 0 Å². The van der Waals surface area contributed by atoms with E-state index in [1.807, 2.05) is 0 Å². The van der Waals surface area contributed by atoms with E-state index in [1.54, 1.807) is 6.92 Å². The average Bonchev–Trinajstić information content (AvgIpc) is 2.14. The molecular formula is C6H7NO3. The van der Waals surface area contributed by atoms with Crippen molar-refractivity contribution in [1.82, 2.24) is 5.16 Å². The number of hydrogen-bond acceptors (Lipinski definition) is 3. The zero-order chi connectivity index (χ0) is 7.72. The van der Waals surface area contributed by atoms with E-state index < -0.39 is 0 Å². The highest BCUT2D eigenvalue weighted by atomic mass is 16.5. The maximum Gasteiger partial charge on any atom is 0.283 e. The lowest BCUT2D eigenvalue weighted by atomic mass is 10.2. The Hall–Kier alpha value is -1.32. The topological polar surface area (TPSA) is 63.1 Å². The highest BCUT2D eigenvalue weighted by Crippen LogP contribution is 2.00. The highest BCUT2D eigenvalue weighted by molar-refractivity contribution is 5.92. The van der Waals surface area contributed by atoms with Crippen LogP contribution in [0.3, 0.4) is 0 Å². The third-order valence-corrected chi connectivity index (χ3v) is 1.25. The highest BCUT2D eigenvalue weighted by Gasteiger charge is 2.10. The molecule has 0 aliphatic rings. The third-order valence-electron chi connectivity index (χ3n) is 1.25. The van der Waals surface area contributed by atoms with Crippen molar-refractivity contribution in [3.8, 4) is 0 Å². The van der Waals surface area contributed by atoms with Gasteiger partial charge in [-0.25, -0.2) is 0 Å². The molecule has 1 aromatic heterocycles. The van der Waals surface area contributed by atoms with Crippen LogP contribution in [0.15, 0.2) is 9.32 Å². The molecule has 0 unspecified atom stereocenters. The molecule has 54 valence electrons. The number of hydrogen-bond donors (Lipinski definition) is 1. The van der Waals surface area contributed by atoms with E-state index >= 15 is 0 Å². The number of rotatable bonds is 1. The van der Waals surface area contributed by atoms with Gasteiger partial charge < -0.3 is 4.52 Å². The van der Waals surface area contributed by atoms with Crippen LogP contribution < -0.4 is 5.56 Å². The molecule has 0 spiro atoms.